The summed E-state index contributed by atoms with van der Waals surface area (Å²) in [5, 5.41) is 1.05. The molecule has 84 valence electrons. The molecular formula is C12H10Cl2O2. The summed E-state index contributed by atoms with van der Waals surface area (Å²) in [6.45, 7) is 0.470. The number of halogens is 2. The predicted octanol–water partition coefficient (Wildman–Crippen LogP) is 4.06. The van der Waals surface area contributed by atoms with Crippen LogP contribution in [0.2, 0.25) is 10.0 Å². The van der Waals surface area contributed by atoms with Gasteiger partial charge in [-0.15, -0.1) is 0 Å². The Morgan fingerprint density at radius 3 is 2.69 bits per heavy atom. The van der Waals surface area contributed by atoms with E-state index in [2.05, 4.69) is 0 Å². The first kappa shape index (κ1) is 11.5. The first-order chi connectivity index (χ1) is 7.72. The summed E-state index contributed by atoms with van der Waals surface area (Å²) in [5.41, 5.74) is 2.02. The zero-order valence-corrected chi connectivity index (χ0v) is 10.0. The monoisotopic (exact) mass is 256 g/mol. The van der Waals surface area contributed by atoms with Gasteiger partial charge in [-0.25, -0.2) is 0 Å². The van der Waals surface area contributed by atoms with Crippen LogP contribution in [0, 0.1) is 0 Å². The molecule has 0 radical (unpaired) electrons. The third-order valence-corrected chi connectivity index (χ3v) is 3.36. The summed E-state index contributed by atoms with van der Waals surface area (Å²) in [5.74, 6) is 0.744. The van der Waals surface area contributed by atoms with E-state index < -0.39 is 0 Å². The molecule has 0 unspecified atom stereocenters. The Balaban J connectivity index is 2.39. The smallest absolute Gasteiger partial charge is 0.298 e. The molecule has 4 heteroatoms. The van der Waals surface area contributed by atoms with Crippen molar-refractivity contribution < 1.29 is 9.53 Å². The van der Waals surface area contributed by atoms with Gasteiger partial charge >= 0.3 is 0 Å². The van der Waals surface area contributed by atoms with E-state index >= 15 is 0 Å². The van der Waals surface area contributed by atoms with Crippen LogP contribution in [0.15, 0.2) is 24.0 Å². The fourth-order valence-electron chi connectivity index (χ4n) is 1.89. The molecule has 1 aliphatic carbocycles. The molecule has 1 aromatic carbocycles. The normalized spacial score (nSPS) is 15.4. The Kier molecular flexibility index (Phi) is 3.52. The maximum atomic E-state index is 10.4. The summed E-state index contributed by atoms with van der Waals surface area (Å²) >= 11 is 11.8. The fourth-order valence-corrected chi connectivity index (χ4v) is 2.19. The molecule has 16 heavy (non-hydrogen) atoms. The number of hydrogen-bond donors (Lipinski definition) is 0. The van der Waals surface area contributed by atoms with Crippen molar-refractivity contribution in [3.63, 3.8) is 0 Å². The molecule has 0 saturated heterocycles. The first-order valence-corrected chi connectivity index (χ1v) is 5.75. The molecule has 0 fully saturated rings. The highest BCUT2D eigenvalue weighted by molar-refractivity contribution is 6.42. The van der Waals surface area contributed by atoms with Gasteiger partial charge in [-0.3, -0.25) is 4.79 Å². The number of carbonyl (C=O) groups excluding carboxylic acids is 1. The Labute approximate surface area is 104 Å². The predicted molar refractivity (Wildman–Crippen MR) is 64.4 cm³/mol. The van der Waals surface area contributed by atoms with Gasteiger partial charge in [0.05, 0.1) is 10.0 Å². The minimum absolute atomic E-state index is 0.470. The molecule has 0 aliphatic heterocycles. The van der Waals surface area contributed by atoms with Crippen LogP contribution >= 0.6 is 23.2 Å². The van der Waals surface area contributed by atoms with E-state index in [4.69, 9.17) is 27.9 Å². The lowest BCUT2D eigenvalue weighted by atomic mass is 10.1. The van der Waals surface area contributed by atoms with Crippen molar-refractivity contribution in [2.24, 2.45) is 0 Å². The van der Waals surface area contributed by atoms with Crippen molar-refractivity contribution in [3.8, 4) is 0 Å². The fraction of sp³-hybridized carbons (Fsp3) is 0.250. The van der Waals surface area contributed by atoms with E-state index in [9.17, 15) is 4.79 Å². The number of allylic oxidation sites excluding steroid dienone is 2. The van der Waals surface area contributed by atoms with Crippen LogP contribution in [0.5, 0.6) is 0 Å². The van der Waals surface area contributed by atoms with Crippen LogP contribution in [-0.4, -0.2) is 6.47 Å². The minimum Gasteiger partial charge on any atom is -0.433 e. The lowest BCUT2D eigenvalue weighted by Crippen LogP contribution is -1.90. The highest BCUT2D eigenvalue weighted by Gasteiger charge is 2.18. The summed E-state index contributed by atoms with van der Waals surface area (Å²) in [7, 11) is 0. The Morgan fingerprint density at radius 1 is 1.19 bits per heavy atom. The van der Waals surface area contributed by atoms with E-state index in [1.54, 1.807) is 12.1 Å². The number of rotatable bonds is 3. The van der Waals surface area contributed by atoms with Gasteiger partial charge in [-0.1, -0.05) is 29.3 Å². The van der Waals surface area contributed by atoms with Crippen LogP contribution in [-0.2, 0) is 9.53 Å². The second-order valence-corrected chi connectivity index (χ2v) is 4.41. The molecule has 0 N–H and O–H groups in total. The van der Waals surface area contributed by atoms with E-state index in [0.717, 1.165) is 36.2 Å². The average Bonchev–Trinajstić information content (AvgIpc) is 2.71. The lowest BCUT2D eigenvalue weighted by molar-refractivity contribution is -0.125. The maximum absolute atomic E-state index is 10.4. The highest BCUT2D eigenvalue weighted by atomic mass is 35.5. The lowest BCUT2D eigenvalue weighted by Gasteiger charge is -2.06. The van der Waals surface area contributed by atoms with E-state index in [0.29, 0.717) is 16.5 Å². The molecule has 2 rings (SSSR count). The Morgan fingerprint density at radius 2 is 2.00 bits per heavy atom. The summed E-state index contributed by atoms with van der Waals surface area (Å²) in [4.78, 5) is 10.4. The van der Waals surface area contributed by atoms with Crippen molar-refractivity contribution >= 4 is 35.2 Å². The molecule has 0 amide bonds. The molecular weight excluding hydrogens is 247 g/mol. The second-order valence-electron chi connectivity index (χ2n) is 3.60. The number of hydrogen-bond acceptors (Lipinski definition) is 2. The van der Waals surface area contributed by atoms with Gasteiger partial charge in [-0.2, -0.15) is 0 Å². The Hall–Kier alpha value is -0.990. The Bertz CT molecular complexity index is 452. The van der Waals surface area contributed by atoms with Crippen LogP contribution < -0.4 is 0 Å². The topological polar surface area (TPSA) is 26.3 Å². The van der Waals surface area contributed by atoms with Gasteiger partial charge < -0.3 is 4.74 Å². The molecule has 0 bridgehead atoms. The molecule has 0 atom stereocenters. The van der Waals surface area contributed by atoms with Gasteiger partial charge in [0.2, 0.25) is 0 Å². The number of benzene rings is 1. The maximum Gasteiger partial charge on any atom is 0.298 e. The standard InChI is InChI=1S/C12H10Cl2O2/c13-10-5-4-8(6-11(10)14)9-2-1-3-12(9)16-7-15/h4-7H,1-3H2. The van der Waals surface area contributed by atoms with Gasteiger partial charge in [0.25, 0.3) is 6.47 Å². The van der Waals surface area contributed by atoms with E-state index in [-0.39, 0.29) is 0 Å². The molecule has 0 heterocycles. The summed E-state index contributed by atoms with van der Waals surface area (Å²) in [6.07, 6.45) is 2.70. The van der Waals surface area contributed by atoms with Gasteiger partial charge in [-0.05, 0) is 36.1 Å². The first-order valence-electron chi connectivity index (χ1n) is 5.00. The molecule has 0 spiro atoms. The average molecular weight is 257 g/mol. The van der Waals surface area contributed by atoms with Crippen LogP contribution in [0.3, 0.4) is 0 Å². The van der Waals surface area contributed by atoms with Gasteiger partial charge in [0.1, 0.15) is 5.76 Å². The van der Waals surface area contributed by atoms with Crippen molar-refractivity contribution in [2.45, 2.75) is 19.3 Å². The minimum atomic E-state index is 0.470. The zero-order chi connectivity index (χ0) is 11.5. The largest absolute Gasteiger partial charge is 0.433 e. The summed E-state index contributed by atoms with van der Waals surface area (Å²) in [6, 6.07) is 5.45. The van der Waals surface area contributed by atoms with Crippen molar-refractivity contribution in [1.82, 2.24) is 0 Å². The molecule has 0 saturated carbocycles. The number of ether oxygens (including phenoxy) is 1. The third kappa shape index (κ3) is 2.23. The molecule has 0 aromatic heterocycles. The van der Waals surface area contributed by atoms with Crippen LogP contribution in [0.25, 0.3) is 5.57 Å². The van der Waals surface area contributed by atoms with E-state index in [1.807, 2.05) is 6.07 Å². The molecule has 1 aliphatic rings. The van der Waals surface area contributed by atoms with E-state index in [1.165, 1.54) is 0 Å². The second kappa shape index (κ2) is 4.89. The van der Waals surface area contributed by atoms with Crippen LogP contribution in [0.1, 0.15) is 24.8 Å². The number of carbonyl (C=O) groups is 1. The van der Waals surface area contributed by atoms with Crippen LogP contribution in [0.4, 0.5) is 0 Å². The van der Waals surface area contributed by atoms with Crippen molar-refractivity contribution in [2.75, 3.05) is 0 Å². The van der Waals surface area contributed by atoms with Gasteiger partial charge in [0.15, 0.2) is 0 Å². The van der Waals surface area contributed by atoms with Gasteiger partial charge in [0, 0.05) is 6.42 Å². The molecule has 1 aromatic rings. The van der Waals surface area contributed by atoms with Crippen molar-refractivity contribution in [1.29, 1.82) is 0 Å². The third-order valence-electron chi connectivity index (χ3n) is 2.63. The zero-order valence-electron chi connectivity index (χ0n) is 8.50. The quantitative estimate of drug-likeness (QED) is 0.763. The summed E-state index contributed by atoms with van der Waals surface area (Å²) < 4.78 is 4.96. The SMILES string of the molecule is O=COC1=C(c2ccc(Cl)c(Cl)c2)CCC1. The van der Waals surface area contributed by atoms with Crippen molar-refractivity contribution in [3.05, 3.63) is 39.6 Å². The highest BCUT2D eigenvalue weighted by Crippen LogP contribution is 2.36. The molecule has 2 nitrogen and oxygen atoms in total.